The molecule has 4 aromatic rings. The highest BCUT2D eigenvalue weighted by molar-refractivity contribution is 9.10. The van der Waals surface area contributed by atoms with Gasteiger partial charge in [0.25, 0.3) is 0 Å². The second kappa shape index (κ2) is 7.24. The van der Waals surface area contributed by atoms with Crippen LogP contribution in [0, 0.1) is 6.92 Å². The molecule has 2 atom stereocenters. The lowest BCUT2D eigenvalue weighted by Crippen LogP contribution is -2.33. The van der Waals surface area contributed by atoms with E-state index in [2.05, 4.69) is 107 Å². The summed E-state index contributed by atoms with van der Waals surface area (Å²) in [4.78, 5) is 0. The summed E-state index contributed by atoms with van der Waals surface area (Å²) in [5.74, 6) is 0.935. The van der Waals surface area contributed by atoms with Gasteiger partial charge in [-0.2, -0.15) is 5.10 Å². The SMILES string of the molecule is Cc1ccc([C@@H]2Oc3ccc(Br)cc3[C@H]3CC(c4ccc5ccccc5c4)=NN32)cc1. The topological polar surface area (TPSA) is 24.8 Å². The maximum Gasteiger partial charge on any atom is 0.213 e. The van der Waals surface area contributed by atoms with Gasteiger partial charge in [0.1, 0.15) is 5.75 Å². The molecule has 4 heteroatoms. The van der Waals surface area contributed by atoms with Crippen molar-refractivity contribution in [1.29, 1.82) is 0 Å². The van der Waals surface area contributed by atoms with Crippen LogP contribution in [0.4, 0.5) is 0 Å². The van der Waals surface area contributed by atoms with Crippen LogP contribution in [0.25, 0.3) is 10.8 Å². The Morgan fingerprint density at radius 1 is 0.903 bits per heavy atom. The third-order valence-corrected chi connectivity index (χ3v) is 6.69. The van der Waals surface area contributed by atoms with Gasteiger partial charge in [-0.25, -0.2) is 5.01 Å². The molecule has 0 N–H and O–H groups in total. The third kappa shape index (κ3) is 3.22. The molecule has 2 aliphatic rings. The quantitative estimate of drug-likeness (QED) is 0.311. The molecule has 0 bridgehead atoms. The molecule has 0 aliphatic carbocycles. The first-order chi connectivity index (χ1) is 15.2. The zero-order valence-electron chi connectivity index (χ0n) is 17.1. The van der Waals surface area contributed by atoms with Crippen molar-refractivity contribution in [2.45, 2.75) is 25.6 Å². The summed E-state index contributed by atoms with van der Waals surface area (Å²) in [5.41, 5.74) is 5.81. The Hall–Kier alpha value is -3.11. The number of hydrazone groups is 1. The van der Waals surface area contributed by atoms with Gasteiger partial charge < -0.3 is 4.74 Å². The molecule has 0 amide bonds. The Kier molecular flexibility index (Phi) is 4.35. The number of halogens is 1. The van der Waals surface area contributed by atoms with E-state index in [1.807, 2.05) is 6.07 Å². The molecule has 0 saturated heterocycles. The minimum absolute atomic E-state index is 0.147. The van der Waals surface area contributed by atoms with Crippen molar-refractivity contribution in [3.63, 3.8) is 0 Å². The molecular weight excluding hydrogens is 448 g/mol. The second-order valence-corrected chi connectivity index (χ2v) is 9.19. The van der Waals surface area contributed by atoms with E-state index >= 15 is 0 Å². The molecule has 2 heterocycles. The molecule has 6 rings (SSSR count). The Morgan fingerprint density at radius 2 is 1.71 bits per heavy atom. The predicted molar refractivity (Wildman–Crippen MR) is 128 cm³/mol. The van der Waals surface area contributed by atoms with Crippen molar-refractivity contribution >= 4 is 32.4 Å². The minimum atomic E-state index is -0.239. The number of benzene rings is 4. The largest absolute Gasteiger partial charge is 0.464 e. The van der Waals surface area contributed by atoms with Crippen LogP contribution < -0.4 is 4.74 Å². The van der Waals surface area contributed by atoms with Crippen LogP contribution in [0.5, 0.6) is 5.75 Å². The molecule has 0 fully saturated rings. The van der Waals surface area contributed by atoms with Crippen molar-refractivity contribution in [2.75, 3.05) is 0 Å². The molecule has 31 heavy (non-hydrogen) atoms. The number of hydrogen-bond acceptors (Lipinski definition) is 3. The lowest BCUT2D eigenvalue weighted by Gasteiger charge is -2.38. The third-order valence-electron chi connectivity index (χ3n) is 6.20. The second-order valence-electron chi connectivity index (χ2n) is 8.27. The van der Waals surface area contributed by atoms with Crippen LogP contribution in [0.15, 0.2) is 94.5 Å². The molecule has 0 saturated carbocycles. The van der Waals surface area contributed by atoms with Crippen molar-refractivity contribution in [1.82, 2.24) is 5.01 Å². The molecule has 0 aromatic heterocycles. The summed E-state index contributed by atoms with van der Waals surface area (Å²) in [6, 6.07) is 30.0. The molecule has 0 spiro atoms. The van der Waals surface area contributed by atoms with E-state index in [1.54, 1.807) is 0 Å². The van der Waals surface area contributed by atoms with Gasteiger partial charge in [-0.15, -0.1) is 0 Å². The highest BCUT2D eigenvalue weighted by atomic mass is 79.9. The van der Waals surface area contributed by atoms with E-state index in [4.69, 9.17) is 9.84 Å². The fourth-order valence-electron chi connectivity index (χ4n) is 4.55. The van der Waals surface area contributed by atoms with E-state index in [0.717, 1.165) is 27.9 Å². The fraction of sp³-hybridized carbons (Fsp3) is 0.148. The highest BCUT2D eigenvalue weighted by Crippen LogP contribution is 2.48. The first-order valence-electron chi connectivity index (χ1n) is 10.5. The lowest BCUT2D eigenvalue weighted by molar-refractivity contribution is -0.0190. The fourth-order valence-corrected chi connectivity index (χ4v) is 4.93. The average molecular weight is 469 g/mol. The van der Waals surface area contributed by atoms with Gasteiger partial charge in [0, 0.05) is 22.0 Å². The summed E-state index contributed by atoms with van der Waals surface area (Å²) in [7, 11) is 0. The number of hydrogen-bond donors (Lipinski definition) is 0. The van der Waals surface area contributed by atoms with E-state index in [1.165, 1.54) is 27.5 Å². The number of fused-ring (bicyclic) bond motifs is 4. The van der Waals surface area contributed by atoms with Gasteiger partial charge in [-0.05, 0) is 47.5 Å². The summed E-state index contributed by atoms with van der Waals surface area (Å²) in [6.07, 6.45) is 0.616. The molecular formula is C27H21BrN2O. The molecule has 4 aromatic carbocycles. The normalized spacial score (nSPS) is 19.5. The zero-order chi connectivity index (χ0) is 20.9. The number of ether oxygens (including phenoxy) is 1. The first kappa shape index (κ1) is 18.6. The Balaban J connectivity index is 1.45. The van der Waals surface area contributed by atoms with Crippen molar-refractivity contribution in [3.05, 3.63) is 112 Å². The van der Waals surface area contributed by atoms with Crippen molar-refractivity contribution in [3.8, 4) is 5.75 Å². The van der Waals surface area contributed by atoms with Crippen LogP contribution in [0.2, 0.25) is 0 Å². The smallest absolute Gasteiger partial charge is 0.213 e. The van der Waals surface area contributed by atoms with E-state index in [0.29, 0.717) is 0 Å². The summed E-state index contributed by atoms with van der Waals surface area (Å²) in [5, 5.41) is 9.73. The Morgan fingerprint density at radius 3 is 2.55 bits per heavy atom. The van der Waals surface area contributed by atoms with Crippen LogP contribution in [0.3, 0.4) is 0 Å². The van der Waals surface area contributed by atoms with Crippen LogP contribution in [0.1, 0.15) is 40.9 Å². The molecule has 2 aliphatic heterocycles. The maximum atomic E-state index is 6.48. The Bertz CT molecular complexity index is 1330. The van der Waals surface area contributed by atoms with Crippen molar-refractivity contribution < 1.29 is 4.74 Å². The minimum Gasteiger partial charge on any atom is -0.464 e. The van der Waals surface area contributed by atoms with E-state index in [-0.39, 0.29) is 12.3 Å². The van der Waals surface area contributed by atoms with Gasteiger partial charge in [0.15, 0.2) is 0 Å². The summed E-state index contributed by atoms with van der Waals surface area (Å²) in [6.45, 7) is 2.10. The Labute approximate surface area is 190 Å². The number of rotatable bonds is 2. The zero-order valence-corrected chi connectivity index (χ0v) is 18.7. The van der Waals surface area contributed by atoms with Crippen LogP contribution in [-0.2, 0) is 0 Å². The first-order valence-corrected chi connectivity index (χ1v) is 11.3. The molecule has 0 radical (unpaired) electrons. The predicted octanol–water partition coefficient (Wildman–Crippen LogP) is 7.15. The summed E-state index contributed by atoms with van der Waals surface area (Å²) < 4.78 is 7.54. The number of nitrogens with zero attached hydrogens (tertiary/aromatic N) is 2. The van der Waals surface area contributed by atoms with Crippen LogP contribution >= 0.6 is 15.9 Å². The standard InChI is InChI=1S/C27H21BrN2O/c1-17-6-8-19(9-7-17)27-30-25(23-15-22(28)12-13-26(23)31-27)16-24(29-30)21-11-10-18-4-2-3-5-20(18)14-21/h2-15,25,27H,16H2,1H3/t25-,27+/m1/s1. The van der Waals surface area contributed by atoms with Gasteiger partial charge in [0.05, 0.1) is 11.8 Å². The van der Waals surface area contributed by atoms with Gasteiger partial charge in [-0.3, -0.25) is 0 Å². The van der Waals surface area contributed by atoms with Crippen LogP contribution in [-0.4, -0.2) is 10.7 Å². The van der Waals surface area contributed by atoms with E-state index < -0.39 is 0 Å². The maximum absolute atomic E-state index is 6.48. The van der Waals surface area contributed by atoms with Gasteiger partial charge in [0.2, 0.25) is 6.23 Å². The van der Waals surface area contributed by atoms with Gasteiger partial charge in [-0.1, -0.05) is 82.2 Å². The molecule has 0 unspecified atom stereocenters. The van der Waals surface area contributed by atoms with Crippen molar-refractivity contribution in [2.24, 2.45) is 5.10 Å². The molecule has 3 nitrogen and oxygen atoms in total. The molecule has 152 valence electrons. The average Bonchev–Trinajstić information content (AvgIpc) is 3.25. The summed E-state index contributed by atoms with van der Waals surface area (Å²) >= 11 is 3.63. The number of aryl methyl sites for hydroxylation is 1. The van der Waals surface area contributed by atoms with Gasteiger partial charge >= 0.3 is 0 Å². The lowest BCUT2D eigenvalue weighted by atomic mass is 9.95. The van der Waals surface area contributed by atoms with E-state index in [9.17, 15) is 0 Å². The highest BCUT2D eigenvalue weighted by Gasteiger charge is 2.41. The monoisotopic (exact) mass is 468 g/mol.